The quantitative estimate of drug-likeness (QED) is 0.653. The molecule has 1 aliphatic carbocycles. The first-order valence-corrected chi connectivity index (χ1v) is 10.6. The van der Waals surface area contributed by atoms with Crippen molar-refractivity contribution in [1.82, 2.24) is 20.0 Å². The normalized spacial score (nSPS) is 14.1. The highest BCUT2D eigenvalue weighted by molar-refractivity contribution is 9.11. The van der Waals surface area contributed by atoms with Gasteiger partial charge in [-0.05, 0) is 40.9 Å². The number of aromatic nitrogens is 2. The lowest BCUT2D eigenvalue weighted by Crippen LogP contribution is -2.35. The van der Waals surface area contributed by atoms with Crippen LogP contribution in [-0.2, 0) is 16.1 Å². The van der Waals surface area contributed by atoms with Crippen LogP contribution in [-0.4, -0.2) is 52.0 Å². The summed E-state index contributed by atoms with van der Waals surface area (Å²) >= 11 is 4.64. The molecule has 1 saturated carbocycles. The van der Waals surface area contributed by atoms with Crippen LogP contribution >= 0.6 is 27.3 Å². The lowest BCUT2D eigenvalue weighted by Gasteiger charge is -2.15. The van der Waals surface area contributed by atoms with E-state index in [4.69, 9.17) is 0 Å². The van der Waals surface area contributed by atoms with Crippen molar-refractivity contribution in [3.8, 4) is 0 Å². The standard InChI is InChI=1S/C18H22BrN5O3S/c1-23(18(27)14-6-7-15(19)28-14)10-16(25)22-13-8-20-24(9-13)11-17(26)21-12-4-2-3-5-12/h6-9,12H,2-5,10-11H2,1H3,(H,21,26)(H,22,25). The van der Waals surface area contributed by atoms with Crippen LogP contribution in [0.1, 0.15) is 35.4 Å². The number of likely N-dealkylation sites (N-methyl/N-ethyl adjacent to an activating group) is 1. The fourth-order valence-electron chi connectivity index (χ4n) is 3.11. The van der Waals surface area contributed by atoms with Crippen molar-refractivity contribution >= 4 is 50.7 Å². The van der Waals surface area contributed by atoms with Crippen LogP contribution in [0, 0.1) is 0 Å². The zero-order valence-electron chi connectivity index (χ0n) is 15.5. The van der Waals surface area contributed by atoms with E-state index in [0.717, 1.165) is 29.5 Å². The summed E-state index contributed by atoms with van der Waals surface area (Å²) in [6, 6.07) is 3.77. The molecule has 2 heterocycles. The molecule has 0 spiro atoms. The van der Waals surface area contributed by atoms with E-state index in [2.05, 4.69) is 31.7 Å². The van der Waals surface area contributed by atoms with Crippen LogP contribution in [0.15, 0.2) is 28.3 Å². The number of nitrogens with zero attached hydrogens (tertiary/aromatic N) is 3. The van der Waals surface area contributed by atoms with Crippen LogP contribution in [0.25, 0.3) is 0 Å². The third kappa shape index (κ3) is 5.65. The Hall–Kier alpha value is -2.20. The van der Waals surface area contributed by atoms with Crippen molar-refractivity contribution in [2.45, 2.75) is 38.3 Å². The van der Waals surface area contributed by atoms with Crippen molar-refractivity contribution < 1.29 is 14.4 Å². The van der Waals surface area contributed by atoms with Gasteiger partial charge in [-0.25, -0.2) is 0 Å². The molecule has 3 amide bonds. The molecule has 150 valence electrons. The van der Waals surface area contributed by atoms with Gasteiger partial charge in [0, 0.05) is 19.3 Å². The van der Waals surface area contributed by atoms with Crippen LogP contribution in [0.3, 0.4) is 0 Å². The molecular formula is C18H22BrN5O3S. The zero-order valence-corrected chi connectivity index (χ0v) is 17.9. The Morgan fingerprint density at radius 3 is 2.71 bits per heavy atom. The molecule has 0 radical (unpaired) electrons. The summed E-state index contributed by atoms with van der Waals surface area (Å²) in [5.41, 5.74) is 0.485. The van der Waals surface area contributed by atoms with Gasteiger partial charge < -0.3 is 15.5 Å². The smallest absolute Gasteiger partial charge is 0.264 e. The van der Waals surface area contributed by atoms with Crippen LogP contribution in [0.5, 0.6) is 0 Å². The number of amides is 3. The monoisotopic (exact) mass is 467 g/mol. The number of nitrogens with one attached hydrogen (secondary N) is 2. The second-order valence-corrected chi connectivity index (χ2v) is 9.25. The summed E-state index contributed by atoms with van der Waals surface area (Å²) in [6.45, 7) is 0.0275. The van der Waals surface area contributed by atoms with Crippen molar-refractivity contribution in [3.63, 3.8) is 0 Å². The zero-order chi connectivity index (χ0) is 20.1. The van der Waals surface area contributed by atoms with Crippen molar-refractivity contribution in [1.29, 1.82) is 0 Å². The Balaban J connectivity index is 1.46. The number of hydrogen-bond acceptors (Lipinski definition) is 5. The minimum absolute atomic E-state index is 0.0816. The summed E-state index contributed by atoms with van der Waals surface area (Å²) in [6.07, 6.45) is 7.46. The first-order valence-electron chi connectivity index (χ1n) is 9.03. The fourth-order valence-corrected chi connectivity index (χ4v) is 4.49. The van der Waals surface area contributed by atoms with Gasteiger partial charge in [-0.2, -0.15) is 5.10 Å². The molecule has 10 heteroatoms. The summed E-state index contributed by atoms with van der Waals surface area (Å²) in [5, 5.41) is 9.80. The second kappa shape index (κ2) is 9.33. The maximum atomic E-state index is 12.3. The van der Waals surface area contributed by atoms with Gasteiger partial charge in [-0.1, -0.05) is 12.8 Å². The van der Waals surface area contributed by atoms with E-state index in [1.54, 1.807) is 25.4 Å². The topological polar surface area (TPSA) is 96.3 Å². The fraction of sp³-hybridized carbons (Fsp3) is 0.444. The van der Waals surface area contributed by atoms with Gasteiger partial charge in [0.2, 0.25) is 11.8 Å². The van der Waals surface area contributed by atoms with Gasteiger partial charge in [-0.15, -0.1) is 11.3 Å². The molecule has 2 aromatic rings. The number of carbonyl (C=O) groups excluding carboxylic acids is 3. The van der Waals surface area contributed by atoms with E-state index >= 15 is 0 Å². The van der Waals surface area contributed by atoms with E-state index in [1.165, 1.54) is 27.1 Å². The van der Waals surface area contributed by atoms with Gasteiger partial charge in [0.05, 0.1) is 27.1 Å². The van der Waals surface area contributed by atoms with Crippen LogP contribution < -0.4 is 10.6 Å². The van der Waals surface area contributed by atoms with E-state index in [9.17, 15) is 14.4 Å². The van der Waals surface area contributed by atoms with Gasteiger partial charge >= 0.3 is 0 Å². The Labute approximate surface area is 175 Å². The minimum Gasteiger partial charge on any atom is -0.352 e. The predicted molar refractivity (Wildman–Crippen MR) is 110 cm³/mol. The Morgan fingerprint density at radius 1 is 1.29 bits per heavy atom. The molecule has 8 nitrogen and oxygen atoms in total. The van der Waals surface area contributed by atoms with E-state index in [-0.39, 0.29) is 36.9 Å². The van der Waals surface area contributed by atoms with Crippen molar-refractivity contribution in [2.75, 3.05) is 18.9 Å². The highest BCUT2D eigenvalue weighted by Gasteiger charge is 2.19. The third-order valence-corrected chi connectivity index (χ3v) is 6.07. The predicted octanol–water partition coefficient (Wildman–Crippen LogP) is 2.48. The highest BCUT2D eigenvalue weighted by atomic mass is 79.9. The summed E-state index contributed by atoms with van der Waals surface area (Å²) in [4.78, 5) is 38.5. The molecule has 0 atom stereocenters. The number of thiophene rings is 1. The minimum atomic E-state index is -0.332. The number of carbonyl (C=O) groups is 3. The third-order valence-electron chi connectivity index (χ3n) is 4.45. The van der Waals surface area contributed by atoms with Gasteiger partial charge in [-0.3, -0.25) is 19.1 Å². The average molecular weight is 468 g/mol. The lowest BCUT2D eigenvalue weighted by atomic mass is 10.2. The maximum absolute atomic E-state index is 12.3. The van der Waals surface area contributed by atoms with Gasteiger partial charge in [0.15, 0.2) is 0 Å². The Morgan fingerprint density at radius 2 is 2.04 bits per heavy atom. The van der Waals surface area contributed by atoms with E-state index < -0.39 is 0 Å². The number of hydrogen-bond donors (Lipinski definition) is 2. The van der Waals surface area contributed by atoms with Crippen molar-refractivity contribution in [2.24, 2.45) is 0 Å². The molecule has 0 aliphatic heterocycles. The SMILES string of the molecule is CN(CC(=O)Nc1cnn(CC(=O)NC2CCCC2)c1)C(=O)c1ccc(Br)s1. The summed E-state index contributed by atoms with van der Waals surface area (Å²) in [5.74, 6) is -0.633. The number of anilines is 1. The molecule has 3 rings (SSSR count). The molecular weight excluding hydrogens is 446 g/mol. The van der Waals surface area contributed by atoms with Gasteiger partial charge in [0.1, 0.15) is 6.54 Å². The number of halogens is 1. The van der Waals surface area contributed by atoms with Crippen LogP contribution in [0.2, 0.25) is 0 Å². The van der Waals surface area contributed by atoms with Crippen LogP contribution in [0.4, 0.5) is 5.69 Å². The van der Waals surface area contributed by atoms with Gasteiger partial charge in [0.25, 0.3) is 5.91 Å². The first kappa shape index (κ1) is 20.5. The lowest BCUT2D eigenvalue weighted by molar-refractivity contribution is -0.122. The maximum Gasteiger partial charge on any atom is 0.264 e. The first-order chi connectivity index (χ1) is 13.4. The highest BCUT2D eigenvalue weighted by Crippen LogP contribution is 2.23. The summed E-state index contributed by atoms with van der Waals surface area (Å²) < 4.78 is 2.34. The average Bonchev–Trinajstić information content (AvgIpc) is 3.37. The molecule has 0 bridgehead atoms. The molecule has 2 N–H and O–H groups in total. The van der Waals surface area contributed by atoms with E-state index in [1.807, 2.05) is 0 Å². The molecule has 1 aliphatic rings. The summed E-state index contributed by atoms with van der Waals surface area (Å²) in [7, 11) is 1.58. The largest absolute Gasteiger partial charge is 0.352 e. The molecule has 0 unspecified atom stereocenters. The molecule has 28 heavy (non-hydrogen) atoms. The molecule has 0 aromatic carbocycles. The second-order valence-electron chi connectivity index (χ2n) is 6.79. The molecule has 0 saturated heterocycles. The van der Waals surface area contributed by atoms with Crippen molar-refractivity contribution in [3.05, 3.63) is 33.2 Å². The number of rotatable bonds is 7. The molecule has 1 fully saturated rings. The van der Waals surface area contributed by atoms with E-state index in [0.29, 0.717) is 10.6 Å². The Kier molecular flexibility index (Phi) is 6.84. The Bertz CT molecular complexity index is 859. The molecule has 2 aromatic heterocycles.